The number of likely N-dealkylation sites (tertiary alicyclic amines) is 1. The maximum absolute atomic E-state index is 12.6. The fourth-order valence-corrected chi connectivity index (χ4v) is 4.71. The largest absolute Gasteiger partial charge is 0.299 e. The van der Waals surface area contributed by atoms with Gasteiger partial charge in [-0.3, -0.25) is 4.90 Å². The highest BCUT2D eigenvalue weighted by Gasteiger charge is 2.25. The molecule has 0 aromatic heterocycles. The molecule has 1 aliphatic rings. The zero-order valence-electron chi connectivity index (χ0n) is 14.6. The van der Waals surface area contributed by atoms with Gasteiger partial charge in [0.15, 0.2) is 0 Å². The number of nitrogens with zero attached hydrogens (tertiary/aromatic N) is 2. The van der Waals surface area contributed by atoms with Crippen molar-refractivity contribution in [2.45, 2.75) is 30.3 Å². The lowest BCUT2D eigenvalue weighted by Crippen LogP contribution is -2.44. The molecule has 0 bridgehead atoms. The molecule has 27 heavy (non-hydrogen) atoms. The Kier molecular flexibility index (Phi) is 7.66. The number of hydrogen-bond acceptors (Lipinski definition) is 4. The molecule has 0 radical (unpaired) electrons. The Morgan fingerprint density at radius 2 is 1.81 bits per heavy atom. The number of hydrogen-bond donors (Lipinski definition) is 1. The Bertz CT molecular complexity index is 906. The van der Waals surface area contributed by atoms with Gasteiger partial charge in [0.05, 0.1) is 15.5 Å². The van der Waals surface area contributed by atoms with Gasteiger partial charge in [-0.05, 0) is 36.6 Å². The fraction of sp³-hybridized carbons (Fsp3) is 0.316. The van der Waals surface area contributed by atoms with Crippen LogP contribution in [0, 0.1) is 11.3 Å². The molecule has 1 N–H and O–H groups in total. The maximum atomic E-state index is 12.6. The Morgan fingerprint density at radius 3 is 2.41 bits per heavy atom. The van der Waals surface area contributed by atoms with Gasteiger partial charge in [-0.25, -0.2) is 13.1 Å². The van der Waals surface area contributed by atoms with Crippen LogP contribution in [0.25, 0.3) is 0 Å². The number of sulfonamides is 1. The quantitative estimate of drug-likeness (QED) is 0.794. The summed E-state index contributed by atoms with van der Waals surface area (Å²) in [4.78, 5) is 2.42. The molecule has 1 aliphatic heterocycles. The van der Waals surface area contributed by atoms with E-state index in [4.69, 9.17) is 16.9 Å². The number of halogens is 2. The van der Waals surface area contributed by atoms with E-state index in [1.807, 2.05) is 24.3 Å². The van der Waals surface area contributed by atoms with Gasteiger partial charge in [-0.1, -0.05) is 41.9 Å². The van der Waals surface area contributed by atoms with E-state index in [2.05, 4.69) is 21.8 Å². The van der Waals surface area contributed by atoms with Crippen molar-refractivity contribution in [2.75, 3.05) is 13.1 Å². The fourth-order valence-electron chi connectivity index (χ4n) is 3.09. The van der Waals surface area contributed by atoms with Crippen LogP contribution < -0.4 is 4.72 Å². The summed E-state index contributed by atoms with van der Waals surface area (Å²) in [7, 11) is -3.65. The van der Waals surface area contributed by atoms with E-state index < -0.39 is 10.0 Å². The number of rotatable bonds is 5. The van der Waals surface area contributed by atoms with E-state index in [1.54, 1.807) is 0 Å². The lowest BCUT2D eigenvalue weighted by molar-refractivity contribution is 0.200. The van der Waals surface area contributed by atoms with Crippen molar-refractivity contribution in [3.63, 3.8) is 0 Å². The number of nitriles is 1. The third-order valence-corrected chi connectivity index (χ3v) is 6.36. The van der Waals surface area contributed by atoms with E-state index in [0.29, 0.717) is 0 Å². The minimum Gasteiger partial charge on any atom is -0.299 e. The first-order valence-electron chi connectivity index (χ1n) is 8.46. The van der Waals surface area contributed by atoms with Crippen LogP contribution in [-0.4, -0.2) is 32.4 Å². The molecule has 1 saturated heterocycles. The lowest BCUT2D eigenvalue weighted by Gasteiger charge is -2.32. The topological polar surface area (TPSA) is 73.2 Å². The minimum absolute atomic E-state index is 0. The molecule has 1 heterocycles. The molecule has 5 nitrogen and oxygen atoms in total. The van der Waals surface area contributed by atoms with Crippen molar-refractivity contribution >= 4 is 34.0 Å². The van der Waals surface area contributed by atoms with Gasteiger partial charge < -0.3 is 0 Å². The van der Waals surface area contributed by atoms with Crippen LogP contribution >= 0.6 is 24.0 Å². The molecule has 8 heteroatoms. The summed E-state index contributed by atoms with van der Waals surface area (Å²) in [5.41, 5.74) is 1.53. The Balaban J connectivity index is 0.00000261. The van der Waals surface area contributed by atoms with Crippen molar-refractivity contribution in [2.24, 2.45) is 0 Å². The van der Waals surface area contributed by atoms with Gasteiger partial charge in [0.25, 0.3) is 0 Å². The summed E-state index contributed by atoms with van der Waals surface area (Å²) in [5.74, 6) is 0. The number of piperidine rings is 1. The van der Waals surface area contributed by atoms with Gasteiger partial charge in [0.2, 0.25) is 10.0 Å². The Morgan fingerprint density at radius 1 is 1.15 bits per heavy atom. The summed E-state index contributed by atoms with van der Waals surface area (Å²) in [6.07, 6.45) is 1.52. The monoisotopic (exact) mass is 425 g/mol. The average molecular weight is 426 g/mol. The van der Waals surface area contributed by atoms with Crippen LogP contribution in [0.2, 0.25) is 5.02 Å². The molecule has 0 unspecified atom stereocenters. The molecule has 0 spiro atoms. The molecule has 0 saturated carbocycles. The predicted octanol–water partition coefficient (Wildman–Crippen LogP) is 3.58. The highest BCUT2D eigenvalue weighted by atomic mass is 35.5. The second kappa shape index (κ2) is 9.54. The highest BCUT2D eigenvalue weighted by Crippen LogP contribution is 2.22. The molecule has 0 atom stereocenters. The summed E-state index contributed by atoms with van der Waals surface area (Å²) in [6.45, 7) is 2.57. The van der Waals surface area contributed by atoms with Crippen molar-refractivity contribution in [1.82, 2.24) is 9.62 Å². The second-order valence-electron chi connectivity index (χ2n) is 6.41. The maximum Gasteiger partial charge on any atom is 0.240 e. The predicted molar refractivity (Wildman–Crippen MR) is 108 cm³/mol. The van der Waals surface area contributed by atoms with Crippen LogP contribution in [0.4, 0.5) is 0 Å². The summed E-state index contributed by atoms with van der Waals surface area (Å²) in [5, 5.41) is 9.05. The average Bonchev–Trinajstić information content (AvgIpc) is 2.64. The van der Waals surface area contributed by atoms with Crippen molar-refractivity contribution < 1.29 is 8.42 Å². The summed E-state index contributed by atoms with van der Waals surface area (Å²) >= 11 is 5.95. The molecule has 3 rings (SSSR count). The normalized spacial score (nSPS) is 15.7. The molecular weight excluding hydrogens is 405 g/mol. The molecule has 2 aromatic carbocycles. The SMILES string of the molecule is Cl.N#Cc1ccc(S(=O)(=O)NC2CCN(Cc3ccccc3)CC2)cc1Cl. The summed E-state index contributed by atoms with van der Waals surface area (Å²) in [6, 6.07) is 16.3. The van der Waals surface area contributed by atoms with Gasteiger partial charge in [-0.2, -0.15) is 5.26 Å². The molecule has 2 aromatic rings. The van der Waals surface area contributed by atoms with Crippen LogP contribution in [0.15, 0.2) is 53.4 Å². The van der Waals surface area contributed by atoms with E-state index in [9.17, 15) is 8.42 Å². The van der Waals surface area contributed by atoms with Crippen molar-refractivity contribution in [3.8, 4) is 6.07 Å². The van der Waals surface area contributed by atoms with Gasteiger partial charge >= 0.3 is 0 Å². The number of nitrogens with one attached hydrogen (secondary N) is 1. The van der Waals surface area contributed by atoms with Crippen LogP contribution in [0.5, 0.6) is 0 Å². The second-order valence-corrected chi connectivity index (χ2v) is 8.53. The van der Waals surface area contributed by atoms with Crippen LogP contribution in [0.1, 0.15) is 24.0 Å². The van der Waals surface area contributed by atoms with E-state index in [-0.39, 0.29) is 33.9 Å². The first-order chi connectivity index (χ1) is 12.5. The van der Waals surface area contributed by atoms with Gasteiger partial charge in [0, 0.05) is 25.7 Å². The van der Waals surface area contributed by atoms with E-state index in [1.165, 1.54) is 23.8 Å². The smallest absolute Gasteiger partial charge is 0.240 e. The molecular formula is C19H21Cl2N3O2S. The third-order valence-electron chi connectivity index (χ3n) is 4.53. The zero-order valence-corrected chi connectivity index (χ0v) is 17.0. The first kappa shape index (κ1) is 21.7. The molecule has 0 aliphatic carbocycles. The van der Waals surface area contributed by atoms with Crippen molar-refractivity contribution in [3.05, 3.63) is 64.7 Å². The lowest BCUT2D eigenvalue weighted by atomic mass is 10.1. The van der Waals surface area contributed by atoms with Crippen LogP contribution in [0.3, 0.4) is 0 Å². The van der Waals surface area contributed by atoms with Gasteiger partial charge in [0.1, 0.15) is 6.07 Å². The third kappa shape index (κ3) is 5.68. The Hall–Kier alpha value is -1.62. The highest BCUT2D eigenvalue weighted by molar-refractivity contribution is 7.89. The summed E-state index contributed by atoms with van der Waals surface area (Å²) < 4.78 is 27.9. The zero-order chi connectivity index (χ0) is 18.6. The van der Waals surface area contributed by atoms with Gasteiger partial charge in [-0.15, -0.1) is 12.4 Å². The molecule has 144 valence electrons. The molecule has 0 amide bonds. The van der Waals surface area contributed by atoms with Crippen LogP contribution in [-0.2, 0) is 16.6 Å². The van der Waals surface area contributed by atoms with E-state index in [0.717, 1.165) is 32.5 Å². The standard InChI is InChI=1S/C19H20ClN3O2S.ClH/c20-19-12-18(7-6-16(19)13-21)26(24,25)22-17-8-10-23(11-9-17)14-15-4-2-1-3-5-15;/h1-7,12,17,22H,8-11,14H2;1H. The van der Waals surface area contributed by atoms with E-state index >= 15 is 0 Å². The number of benzene rings is 2. The first-order valence-corrected chi connectivity index (χ1v) is 10.3. The Labute approximate surface area is 171 Å². The van der Waals surface area contributed by atoms with Crippen molar-refractivity contribution in [1.29, 1.82) is 5.26 Å². The minimum atomic E-state index is -3.65. The molecule has 1 fully saturated rings.